The summed E-state index contributed by atoms with van der Waals surface area (Å²) in [5.41, 5.74) is 9.77. The van der Waals surface area contributed by atoms with Crippen LogP contribution in [-0.4, -0.2) is 18.1 Å². The molecule has 0 fully saturated rings. The fourth-order valence-electron chi connectivity index (χ4n) is 2.60. The van der Waals surface area contributed by atoms with E-state index >= 15 is 0 Å². The zero-order valence-electron chi connectivity index (χ0n) is 12.0. The third-order valence-electron chi connectivity index (χ3n) is 4.24. The fourth-order valence-corrected chi connectivity index (χ4v) is 2.60. The molecule has 0 bridgehead atoms. The minimum Gasteiger partial charge on any atom is -0.356 e. The van der Waals surface area contributed by atoms with Crippen molar-refractivity contribution in [1.82, 2.24) is 4.98 Å². The van der Waals surface area contributed by atoms with Gasteiger partial charge in [0.1, 0.15) is 5.82 Å². The summed E-state index contributed by atoms with van der Waals surface area (Å²) in [6.45, 7) is 7.32. The first-order valence-electron chi connectivity index (χ1n) is 6.99. The van der Waals surface area contributed by atoms with Crippen LogP contribution in [0, 0.1) is 5.92 Å². The molecular weight excluding hydrogens is 222 g/mol. The number of nitrogens with zero attached hydrogens (tertiary/aromatic N) is 2. The van der Waals surface area contributed by atoms with E-state index in [0.717, 1.165) is 12.2 Å². The molecule has 1 heterocycles. The number of pyridine rings is 1. The van der Waals surface area contributed by atoms with Crippen molar-refractivity contribution in [3.63, 3.8) is 0 Å². The van der Waals surface area contributed by atoms with Gasteiger partial charge in [-0.1, -0.05) is 13.8 Å². The minimum absolute atomic E-state index is 0.474. The first-order valence-corrected chi connectivity index (χ1v) is 6.99. The van der Waals surface area contributed by atoms with Crippen LogP contribution >= 0.6 is 0 Å². The van der Waals surface area contributed by atoms with Crippen molar-refractivity contribution in [1.29, 1.82) is 0 Å². The lowest BCUT2D eigenvalue weighted by atomic mass is 10.0. The van der Waals surface area contributed by atoms with Gasteiger partial charge in [-0.2, -0.15) is 0 Å². The summed E-state index contributed by atoms with van der Waals surface area (Å²) in [4.78, 5) is 7.16. The van der Waals surface area contributed by atoms with Crippen LogP contribution in [0.1, 0.15) is 44.0 Å². The van der Waals surface area contributed by atoms with E-state index in [0.29, 0.717) is 18.5 Å². The quantitative estimate of drug-likeness (QED) is 0.889. The Balaban J connectivity index is 2.37. The Morgan fingerprint density at radius 3 is 2.67 bits per heavy atom. The van der Waals surface area contributed by atoms with E-state index in [2.05, 4.69) is 38.8 Å². The van der Waals surface area contributed by atoms with E-state index in [9.17, 15) is 0 Å². The predicted octanol–water partition coefficient (Wildman–Crippen LogP) is 2.51. The van der Waals surface area contributed by atoms with Gasteiger partial charge in [0.25, 0.3) is 0 Å². The van der Waals surface area contributed by atoms with Crippen molar-refractivity contribution in [2.24, 2.45) is 11.7 Å². The summed E-state index contributed by atoms with van der Waals surface area (Å²) in [7, 11) is 2.13. The second-order valence-corrected chi connectivity index (χ2v) is 5.73. The van der Waals surface area contributed by atoms with Gasteiger partial charge in [-0.3, -0.25) is 0 Å². The maximum atomic E-state index is 5.89. The molecular formula is C15H25N3. The van der Waals surface area contributed by atoms with Gasteiger partial charge in [0.15, 0.2) is 0 Å². The second-order valence-electron chi connectivity index (χ2n) is 5.73. The molecule has 18 heavy (non-hydrogen) atoms. The maximum Gasteiger partial charge on any atom is 0.133 e. The van der Waals surface area contributed by atoms with Gasteiger partial charge >= 0.3 is 0 Å². The van der Waals surface area contributed by atoms with Crippen molar-refractivity contribution in [3.8, 4) is 0 Å². The van der Waals surface area contributed by atoms with Crippen LogP contribution in [0.2, 0.25) is 0 Å². The summed E-state index contributed by atoms with van der Waals surface area (Å²) in [5, 5.41) is 0. The molecule has 3 nitrogen and oxygen atoms in total. The third kappa shape index (κ3) is 2.37. The van der Waals surface area contributed by atoms with Crippen LogP contribution < -0.4 is 10.6 Å². The summed E-state index contributed by atoms with van der Waals surface area (Å²) >= 11 is 0. The van der Waals surface area contributed by atoms with E-state index in [4.69, 9.17) is 10.7 Å². The average molecular weight is 247 g/mol. The van der Waals surface area contributed by atoms with Crippen LogP contribution in [-0.2, 0) is 19.4 Å². The molecule has 0 aliphatic heterocycles. The number of hydrogen-bond acceptors (Lipinski definition) is 3. The monoisotopic (exact) mass is 247 g/mol. The van der Waals surface area contributed by atoms with Crippen LogP contribution in [0.25, 0.3) is 0 Å². The Morgan fingerprint density at radius 1 is 1.33 bits per heavy atom. The van der Waals surface area contributed by atoms with Crippen molar-refractivity contribution >= 4 is 5.82 Å². The summed E-state index contributed by atoms with van der Waals surface area (Å²) in [6.07, 6.45) is 3.52. The molecule has 0 radical (unpaired) electrons. The molecule has 1 atom stereocenters. The summed E-state index contributed by atoms with van der Waals surface area (Å²) in [5.74, 6) is 1.69. The highest BCUT2D eigenvalue weighted by molar-refractivity contribution is 5.51. The highest BCUT2D eigenvalue weighted by Crippen LogP contribution is 2.28. The lowest BCUT2D eigenvalue weighted by Crippen LogP contribution is -2.35. The topological polar surface area (TPSA) is 42.2 Å². The predicted molar refractivity (Wildman–Crippen MR) is 76.9 cm³/mol. The number of rotatable bonds is 4. The third-order valence-corrected chi connectivity index (χ3v) is 4.24. The second kappa shape index (κ2) is 5.27. The molecule has 1 aromatic rings. The molecule has 1 aliphatic carbocycles. The number of anilines is 1. The number of hydrogen-bond donors (Lipinski definition) is 1. The van der Waals surface area contributed by atoms with E-state index in [1.165, 1.54) is 29.7 Å². The normalized spacial score (nSPS) is 15.9. The van der Waals surface area contributed by atoms with Crippen molar-refractivity contribution in [2.75, 3.05) is 11.9 Å². The number of aryl methyl sites for hydroxylation is 2. The zero-order valence-corrected chi connectivity index (χ0v) is 12.0. The van der Waals surface area contributed by atoms with E-state index in [1.807, 2.05) is 0 Å². The summed E-state index contributed by atoms with van der Waals surface area (Å²) < 4.78 is 0. The largest absolute Gasteiger partial charge is 0.356 e. The first-order chi connectivity index (χ1) is 8.54. The molecule has 2 N–H and O–H groups in total. The molecule has 1 unspecified atom stereocenters. The Morgan fingerprint density at radius 2 is 2.06 bits per heavy atom. The molecule has 2 rings (SSSR count). The molecule has 3 heteroatoms. The number of fused-ring (bicyclic) bond motifs is 1. The first kappa shape index (κ1) is 13.3. The average Bonchev–Trinajstić information content (AvgIpc) is 2.82. The Bertz CT molecular complexity index is 426. The lowest BCUT2D eigenvalue weighted by molar-refractivity contribution is 0.501. The number of aromatic nitrogens is 1. The van der Waals surface area contributed by atoms with Crippen molar-refractivity contribution in [3.05, 3.63) is 22.9 Å². The lowest BCUT2D eigenvalue weighted by Gasteiger charge is -2.31. The van der Waals surface area contributed by atoms with Gasteiger partial charge in [-0.25, -0.2) is 4.98 Å². The zero-order chi connectivity index (χ0) is 13.3. The fraction of sp³-hybridized carbons (Fsp3) is 0.667. The minimum atomic E-state index is 0.474. The van der Waals surface area contributed by atoms with Gasteiger partial charge in [0, 0.05) is 30.9 Å². The van der Waals surface area contributed by atoms with Crippen LogP contribution in [0.5, 0.6) is 0 Å². The van der Waals surface area contributed by atoms with Crippen LogP contribution in [0.4, 0.5) is 5.82 Å². The standard InChI is InChI=1S/C15H25N3/c1-10(2)11(3)18(4)15-13(9-16)8-12-6-5-7-14(12)17-15/h8,10-11H,5-7,9,16H2,1-4H3. The Kier molecular flexibility index (Phi) is 3.91. The molecule has 0 aromatic carbocycles. The highest BCUT2D eigenvalue weighted by Gasteiger charge is 2.21. The molecule has 0 saturated heterocycles. The van der Waals surface area contributed by atoms with E-state index in [1.54, 1.807) is 0 Å². The molecule has 1 aliphatic rings. The van der Waals surface area contributed by atoms with Crippen molar-refractivity contribution in [2.45, 2.75) is 52.6 Å². The van der Waals surface area contributed by atoms with Gasteiger partial charge in [0.2, 0.25) is 0 Å². The highest BCUT2D eigenvalue weighted by atomic mass is 15.2. The van der Waals surface area contributed by atoms with Gasteiger partial charge in [-0.15, -0.1) is 0 Å². The van der Waals surface area contributed by atoms with Gasteiger partial charge in [-0.05, 0) is 43.7 Å². The van der Waals surface area contributed by atoms with E-state index < -0.39 is 0 Å². The number of nitrogens with two attached hydrogens (primary N) is 1. The smallest absolute Gasteiger partial charge is 0.133 e. The van der Waals surface area contributed by atoms with Crippen LogP contribution in [0.15, 0.2) is 6.07 Å². The van der Waals surface area contributed by atoms with E-state index in [-0.39, 0.29) is 0 Å². The molecule has 0 saturated carbocycles. The molecule has 0 amide bonds. The molecule has 0 spiro atoms. The molecule has 100 valence electrons. The SMILES string of the molecule is CC(C)C(C)N(C)c1nc2c(cc1CN)CCC2. The maximum absolute atomic E-state index is 5.89. The Hall–Kier alpha value is -1.09. The van der Waals surface area contributed by atoms with Gasteiger partial charge in [0.05, 0.1) is 0 Å². The van der Waals surface area contributed by atoms with Crippen molar-refractivity contribution < 1.29 is 0 Å². The Labute approximate surface area is 110 Å². The van der Waals surface area contributed by atoms with Gasteiger partial charge < -0.3 is 10.6 Å². The molecule has 1 aromatic heterocycles. The summed E-state index contributed by atoms with van der Waals surface area (Å²) in [6, 6.07) is 2.75. The van der Waals surface area contributed by atoms with Crippen LogP contribution in [0.3, 0.4) is 0 Å².